The Balaban J connectivity index is 2.36. The number of nitrogens with two attached hydrogens (primary N) is 1. The van der Waals surface area contributed by atoms with Crippen molar-refractivity contribution < 1.29 is 4.79 Å². The van der Waals surface area contributed by atoms with E-state index in [1.165, 1.54) is 0 Å². The van der Waals surface area contributed by atoms with Crippen LogP contribution in [0.4, 0.5) is 4.79 Å². The highest BCUT2D eigenvalue weighted by Gasteiger charge is 2.26. The summed E-state index contributed by atoms with van der Waals surface area (Å²) in [6.45, 7) is 3.13. The van der Waals surface area contributed by atoms with Gasteiger partial charge in [-0.15, -0.1) is 0 Å². The van der Waals surface area contributed by atoms with Gasteiger partial charge in [0.25, 0.3) is 0 Å². The molecule has 2 heterocycles. The van der Waals surface area contributed by atoms with E-state index < -0.39 is 0 Å². The molecular formula is C8H12N4O. The maximum Gasteiger partial charge on any atom is 0.315 e. The number of primary amides is 1. The van der Waals surface area contributed by atoms with E-state index in [4.69, 9.17) is 5.73 Å². The Kier molecular flexibility index (Phi) is 1.55. The van der Waals surface area contributed by atoms with Gasteiger partial charge in [0.05, 0.1) is 24.5 Å². The average molecular weight is 180 g/mol. The van der Waals surface area contributed by atoms with E-state index in [0.29, 0.717) is 13.1 Å². The summed E-state index contributed by atoms with van der Waals surface area (Å²) in [6.07, 6.45) is 0. The Morgan fingerprint density at radius 2 is 2.23 bits per heavy atom. The van der Waals surface area contributed by atoms with E-state index in [9.17, 15) is 4.79 Å². The smallest absolute Gasteiger partial charge is 0.315 e. The summed E-state index contributed by atoms with van der Waals surface area (Å²) in [4.78, 5) is 12.5. The molecule has 0 aromatic carbocycles. The van der Waals surface area contributed by atoms with Gasteiger partial charge in [0, 0.05) is 12.6 Å². The Morgan fingerprint density at radius 3 is 2.77 bits per heavy atom. The minimum atomic E-state index is -0.365. The van der Waals surface area contributed by atoms with Crippen molar-refractivity contribution in [2.45, 2.75) is 20.0 Å². The predicted molar refractivity (Wildman–Crippen MR) is 46.8 cm³/mol. The summed E-state index contributed by atoms with van der Waals surface area (Å²) < 4.78 is 1.81. The van der Waals surface area contributed by atoms with Crippen LogP contribution in [-0.4, -0.2) is 20.7 Å². The number of rotatable bonds is 0. The van der Waals surface area contributed by atoms with E-state index in [1.54, 1.807) is 4.90 Å². The lowest BCUT2D eigenvalue weighted by Gasteiger charge is -2.11. The van der Waals surface area contributed by atoms with Gasteiger partial charge in [0.15, 0.2) is 0 Å². The molecule has 0 atom stereocenters. The van der Waals surface area contributed by atoms with Gasteiger partial charge in [-0.1, -0.05) is 0 Å². The first-order valence-electron chi connectivity index (χ1n) is 4.15. The van der Waals surface area contributed by atoms with Gasteiger partial charge < -0.3 is 10.6 Å². The number of carbonyl (C=O) groups excluding carboxylic acids is 1. The van der Waals surface area contributed by atoms with Gasteiger partial charge >= 0.3 is 6.03 Å². The molecule has 1 aromatic heterocycles. The van der Waals surface area contributed by atoms with Crippen molar-refractivity contribution in [2.75, 3.05) is 0 Å². The summed E-state index contributed by atoms with van der Waals surface area (Å²) in [5.41, 5.74) is 8.41. The van der Waals surface area contributed by atoms with Crippen molar-refractivity contribution in [1.29, 1.82) is 0 Å². The molecule has 0 spiro atoms. The van der Waals surface area contributed by atoms with Crippen LogP contribution in [0.3, 0.4) is 0 Å². The van der Waals surface area contributed by atoms with Crippen molar-refractivity contribution in [3.8, 4) is 0 Å². The second-order valence-corrected chi connectivity index (χ2v) is 3.33. The molecule has 0 aliphatic carbocycles. The number of hydrogen-bond donors (Lipinski definition) is 1. The fraction of sp³-hybridized carbons (Fsp3) is 0.500. The molecule has 5 nitrogen and oxygen atoms in total. The van der Waals surface area contributed by atoms with Gasteiger partial charge in [-0.25, -0.2) is 4.79 Å². The molecule has 0 saturated heterocycles. The molecule has 0 saturated carbocycles. The fourth-order valence-electron chi connectivity index (χ4n) is 1.74. The molecule has 0 unspecified atom stereocenters. The zero-order valence-electron chi connectivity index (χ0n) is 7.74. The zero-order chi connectivity index (χ0) is 9.59. The molecule has 1 aliphatic rings. The summed E-state index contributed by atoms with van der Waals surface area (Å²) in [6, 6.07) is -0.365. The van der Waals surface area contributed by atoms with E-state index in [1.807, 2.05) is 18.7 Å². The first-order valence-corrected chi connectivity index (χ1v) is 4.15. The van der Waals surface area contributed by atoms with Gasteiger partial charge in [0.2, 0.25) is 0 Å². The van der Waals surface area contributed by atoms with Gasteiger partial charge in [-0.2, -0.15) is 5.10 Å². The van der Waals surface area contributed by atoms with Crippen LogP contribution in [0.5, 0.6) is 0 Å². The maximum absolute atomic E-state index is 10.9. The largest absolute Gasteiger partial charge is 0.351 e. The minimum absolute atomic E-state index is 0.365. The Labute approximate surface area is 76.1 Å². The topological polar surface area (TPSA) is 64.2 Å². The van der Waals surface area contributed by atoms with Gasteiger partial charge in [-0.3, -0.25) is 4.68 Å². The monoisotopic (exact) mass is 180 g/mol. The molecule has 13 heavy (non-hydrogen) atoms. The highest BCUT2D eigenvalue weighted by Crippen LogP contribution is 2.24. The maximum atomic E-state index is 10.9. The number of amides is 2. The van der Waals surface area contributed by atoms with Crippen molar-refractivity contribution >= 4 is 6.03 Å². The molecular weight excluding hydrogens is 168 g/mol. The summed E-state index contributed by atoms with van der Waals surface area (Å²) in [7, 11) is 1.89. The first kappa shape index (κ1) is 8.10. The van der Waals surface area contributed by atoms with Crippen molar-refractivity contribution in [1.82, 2.24) is 14.7 Å². The number of aryl methyl sites for hydroxylation is 2. The minimum Gasteiger partial charge on any atom is -0.351 e. The summed E-state index contributed by atoms with van der Waals surface area (Å²) in [5, 5.41) is 4.26. The Bertz CT molecular complexity index is 342. The lowest BCUT2D eigenvalue weighted by molar-refractivity contribution is 0.207. The lowest BCUT2D eigenvalue weighted by atomic mass is 10.2. The highest BCUT2D eigenvalue weighted by atomic mass is 16.2. The second kappa shape index (κ2) is 2.48. The number of hydrogen-bond acceptors (Lipinski definition) is 2. The molecule has 0 bridgehead atoms. The van der Waals surface area contributed by atoms with Crippen molar-refractivity contribution in [3.05, 3.63) is 17.0 Å². The van der Waals surface area contributed by atoms with Crippen LogP contribution >= 0.6 is 0 Å². The third-order valence-electron chi connectivity index (χ3n) is 2.48. The molecule has 1 aliphatic heterocycles. The second-order valence-electron chi connectivity index (χ2n) is 3.33. The van der Waals surface area contributed by atoms with Gasteiger partial charge in [0.1, 0.15) is 0 Å². The normalized spacial score (nSPS) is 14.8. The molecule has 2 rings (SSSR count). The molecule has 0 radical (unpaired) electrons. The molecule has 0 fully saturated rings. The standard InChI is InChI=1S/C8H12N4O/c1-5-6-3-12(8(9)13)4-7(6)11(2)10-5/h3-4H2,1-2H3,(H2,9,13). The first-order chi connectivity index (χ1) is 6.09. The van der Waals surface area contributed by atoms with Crippen LogP contribution in [0.2, 0.25) is 0 Å². The summed E-state index contributed by atoms with van der Waals surface area (Å²) >= 11 is 0. The number of aromatic nitrogens is 2. The third-order valence-corrected chi connectivity index (χ3v) is 2.48. The van der Waals surface area contributed by atoms with E-state index in [-0.39, 0.29) is 6.03 Å². The van der Waals surface area contributed by atoms with E-state index >= 15 is 0 Å². The molecule has 70 valence electrons. The Morgan fingerprint density at radius 1 is 1.54 bits per heavy atom. The van der Waals surface area contributed by atoms with Crippen LogP contribution in [0, 0.1) is 6.92 Å². The molecule has 2 amide bonds. The number of nitrogens with zero attached hydrogens (tertiary/aromatic N) is 3. The number of urea groups is 1. The zero-order valence-corrected chi connectivity index (χ0v) is 7.74. The van der Waals surface area contributed by atoms with E-state index in [2.05, 4.69) is 5.10 Å². The van der Waals surface area contributed by atoms with Crippen molar-refractivity contribution in [2.24, 2.45) is 12.8 Å². The van der Waals surface area contributed by atoms with Crippen LogP contribution < -0.4 is 5.73 Å². The van der Waals surface area contributed by atoms with Crippen LogP contribution in [0.15, 0.2) is 0 Å². The lowest BCUT2D eigenvalue weighted by Crippen LogP contribution is -2.31. The Hall–Kier alpha value is -1.52. The molecule has 5 heteroatoms. The SMILES string of the molecule is Cc1nn(C)c2c1CN(C(N)=O)C2. The average Bonchev–Trinajstić information content (AvgIpc) is 2.55. The van der Waals surface area contributed by atoms with Crippen molar-refractivity contribution in [3.63, 3.8) is 0 Å². The quantitative estimate of drug-likeness (QED) is 0.616. The van der Waals surface area contributed by atoms with E-state index in [0.717, 1.165) is 17.0 Å². The van der Waals surface area contributed by atoms with Crippen LogP contribution in [0.25, 0.3) is 0 Å². The third kappa shape index (κ3) is 1.07. The fourth-order valence-corrected chi connectivity index (χ4v) is 1.74. The predicted octanol–water partition coefficient (Wildman–Crippen LogP) is 0.123. The van der Waals surface area contributed by atoms with Crippen LogP contribution in [-0.2, 0) is 20.1 Å². The molecule has 2 N–H and O–H groups in total. The highest BCUT2D eigenvalue weighted by molar-refractivity contribution is 5.72. The number of carbonyl (C=O) groups is 1. The molecule has 1 aromatic rings. The van der Waals surface area contributed by atoms with Gasteiger partial charge in [-0.05, 0) is 6.92 Å². The number of fused-ring (bicyclic) bond motifs is 1. The summed E-state index contributed by atoms with van der Waals surface area (Å²) in [5.74, 6) is 0. The van der Waals surface area contributed by atoms with Crippen LogP contribution in [0.1, 0.15) is 17.0 Å².